The van der Waals surface area contributed by atoms with Crippen LogP contribution in [-0.2, 0) is 28.7 Å². The first-order valence-corrected chi connectivity index (χ1v) is 16.0. The van der Waals surface area contributed by atoms with Gasteiger partial charge >= 0.3 is 23.9 Å². The third-order valence-corrected chi connectivity index (χ3v) is 6.81. The summed E-state index contributed by atoms with van der Waals surface area (Å²) >= 11 is 0. The van der Waals surface area contributed by atoms with Crippen LogP contribution in [0.1, 0.15) is 12.5 Å². The molecule has 0 unspecified atom stereocenters. The zero-order valence-corrected chi connectivity index (χ0v) is 28.8. The van der Waals surface area contributed by atoms with Crippen molar-refractivity contribution in [3.05, 3.63) is 140 Å². The molecule has 12 nitrogen and oxygen atoms in total. The van der Waals surface area contributed by atoms with Crippen LogP contribution in [0, 0.1) is 0 Å². The maximum Gasteiger partial charge on any atom is 0.338 e. The quantitative estimate of drug-likeness (QED) is 0.0322. The molecule has 0 heterocycles. The minimum atomic E-state index is -0.668. The van der Waals surface area contributed by atoms with Crippen LogP contribution in [0.3, 0.4) is 0 Å². The first kappa shape index (κ1) is 38.7. The number of esters is 4. The van der Waals surface area contributed by atoms with Crippen molar-refractivity contribution in [3.8, 4) is 45.6 Å². The van der Waals surface area contributed by atoms with Crippen LogP contribution >= 0.6 is 0 Å². The van der Waals surface area contributed by atoms with Crippen LogP contribution in [0.25, 0.3) is 17.2 Å². The van der Waals surface area contributed by atoms with E-state index in [1.165, 1.54) is 12.1 Å². The molecule has 0 amide bonds. The number of hydrogen-bond acceptors (Lipinski definition) is 12. The summed E-state index contributed by atoms with van der Waals surface area (Å²) in [5.41, 5.74) is 2.86. The van der Waals surface area contributed by atoms with Gasteiger partial charge in [0, 0.05) is 29.9 Å². The fourth-order valence-electron chi connectivity index (χ4n) is 4.16. The van der Waals surface area contributed by atoms with E-state index in [4.69, 9.17) is 37.9 Å². The van der Waals surface area contributed by atoms with Gasteiger partial charge in [-0.25, -0.2) is 19.2 Å². The van der Waals surface area contributed by atoms with E-state index in [1.807, 2.05) is 36.4 Å². The van der Waals surface area contributed by atoms with E-state index >= 15 is 0 Å². The molecule has 272 valence electrons. The van der Waals surface area contributed by atoms with Crippen LogP contribution in [0.15, 0.2) is 135 Å². The van der Waals surface area contributed by atoms with Crippen molar-refractivity contribution in [1.29, 1.82) is 0 Å². The fraction of sp³-hybridized carbons (Fsp3) is 0.122. The second-order valence-corrected chi connectivity index (χ2v) is 10.7. The molecular formula is C41H36O12. The SMILES string of the molecule is C=CC(=O)OCOc1ccc(OCCOc2ccc(-c3ccc(OC(=O)/C=C/c4ccc(OC(=O)C(=C)C)cc4)cc3)cc2)cc1OCOC(=O)C=C. The Morgan fingerprint density at radius 3 is 1.62 bits per heavy atom. The Bertz CT molecular complexity index is 1940. The summed E-state index contributed by atoms with van der Waals surface area (Å²) in [7, 11) is 0. The first-order chi connectivity index (χ1) is 25.6. The van der Waals surface area contributed by atoms with Crippen molar-refractivity contribution in [2.24, 2.45) is 0 Å². The number of rotatable bonds is 19. The third kappa shape index (κ3) is 13.0. The minimum Gasteiger partial charge on any atom is -0.490 e. The topological polar surface area (TPSA) is 142 Å². The van der Waals surface area contributed by atoms with Crippen molar-refractivity contribution in [2.75, 3.05) is 26.8 Å². The minimum absolute atomic E-state index is 0.179. The van der Waals surface area contributed by atoms with Gasteiger partial charge in [-0.15, -0.1) is 0 Å². The van der Waals surface area contributed by atoms with Crippen molar-refractivity contribution in [1.82, 2.24) is 0 Å². The van der Waals surface area contributed by atoms with E-state index in [9.17, 15) is 19.2 Å². The molecule has 4 rings (SSSR count). The molecule has 0 aliphatic heterocycles. The molecule has 0 aliphatic carbocycles. The molecule has 4 aromatic rings. The Morgan fingerprint density at radius 1 is 0.566 bits per heavy atom. The highest BCUT2D eigenvalue weighted by atomic mass is 16.7. The molecule has 0 N–H and O–H groups in total. The average molecular weight is 721 g/mol. The van der Waals surface area contributed by atoms with Crippen LogP contribution in [-0.4, -0.2) is 50.7 Å². The third-order valence-electron chi connectivity index (χ3n) is 6.81. The molecule has 0 atom stereocenters. The number of hydrogen-bond donors (Lipinski definition) is 0. The van der Waals surface area contributed by atoms with Gasteiger partial charge in [-0.2, -0.15) is 0 Å². The Kier molecular flexibility index (Phi) is 14.6. The van der Waals surface area contributed by atoms with Crippen molar-refractivity contribution >= 4 is 30.0 Å². The van der Waals surface area contributed by atoms with Crippen LogP contribution in [0.4, 0.5) is 0 Å². The molecule has 0 spiro atoms. The summed E-state index contributed by atoms with van der Waals surface area (Å²) in [5, 5.41) is 0. The summed E-state index contributed by atoms with van der Waals surface area (Å²) in [6.45, 7) is 11.4. The molecule has 53 heavy (non-hydrogen) atoms. The van der Waals surface area contributed by atoms with Gasteiger partial charge in [0.25, 0.3) is 0 Å². The van der Waals surface area contributed by atoms with E-state index in [0.29, 0.717) is 28.6 Å². The van der Waals surface area contributed by atoms with Crippen LogP contribution < -0.4 is 28.4 Å². The standard InChI is InChI=1S/C41H36O12/c1-5-38(42)50-26-48-36-21-20-35(25-37(36)49-27-51-39(43)6-2)47-24-23-46-32-16-10-30(11-17-32)31-12-18-33(19-13-31)52-40(44)22-9-29-7-14-34(15-8-29)53-41(45)28(3)4/h5-22,25H,1-3,23-24,26-27H2,4H3/b22-9+. The van der Waals surface area contributed by atoms with Gasteiger partial charge < -0.3 is 37.9 Å². The van der Waals surface area contributed by atoms with Crippen molar-refractivity contribution in [2.45, 2.75) is 6.92 Å². The van der Waals surface area contributed by atoms with Gasteiger partial charge in [-0.3, -0.25) is 0 Å². The second kappa shape index (κ2) is 19.9. The molecule has 0 aliphatic rings. The second-order valence-electron chi connectivity index (χ2n) is 10.7. The summed E-state index contributed by atoms with van der Waals surface area (Å²) in [5.74, 6) is -0.177. The Hall–Kier alpha value is -7.08. The van der Waals surface area contributed by atoms with E-state index in [1.54, 1.807) is 61.5 Å². The van der Waals surface area contributed by atoms with E-state index in [2.05, 4.69) is 19.7 Å². The monoisotopic (exact) mass is 720 g/mol. The van der Waals surface area contributed by atoms with Gasteiger partial charge in [0.05, 0.1) is 0 Å². The first-order valence-electron chi connectivity index (χ1n) is 16.0. The molecule has 0 saturated heterocycles. The summed E-state index contributed by atoms with van der Waals surface area (Å²) in [6.07, 6.45) is 4.91. The lowest BCUT2D eigenvalue weighted by molar-refractivity contribution is -0.146. The zero-order valence-electron chi connectivity index (χ0n) is 28.8. The lowest BCUT2D eigenvalue weighted by atomic mass is 10.1. The van der Waals surface area contributed by atoms with Crippen LogP contribution in [0.2, 0.25) is 0 Å². The molecule has 0 saturated carbocycles. The molecular weight excluding hydrogens is 684 g/mol. The lowest BCUT2D eigenvalue weighted by Gasteiger charge is -2.14. The molecule has 12 heteroatoms. The van der Waals surface area contributed by atoms with Crippen molar-refractivity contribution < 1.29 is 57.1 Å². The zero-order chi connectivity index (χ0) is 38.0. The summed E-state index contributed by atoms with van der Waals surface area (Å²) in [6, 6.07) is 25.9. The number of ether oxygens (including phenoxy) is 8. The molecule has 4 aromatic carbocycles. The Morgan fingerprint density at radius 2 is 1.06 bits per heavy atom. The van der Waals surface area contributed by atoms with Gasteiger partial charge in [0.15, 0.2) is 11.5 Å². The normalized spacial score (nSPS) is 10.4. The summed E-state index contributed by atoms with van der Waals surface area (Å²) in [4.78, 5) is 46.7. The maximum atomic E-state index is 12.4. The average Bonchev–Trinajstić information content (AvgIpc) is 3.17. The number of carbonyl (C=O) groups is 4. The van der Waals surface area contributed by atoms with Gasteiger partial charge in [0.2, 0.25) is 13.6 Å². The molecule has 0 fully saturated rings. The number of benzene rings is 4. The van der Waals surface area contributed by atoms with Gasteiger partial charge in [0.1, 0.15) is 36.2 Å². The van der Waals surface area contributed by atoms with E-state index in [0.717, 1.165) is 28.8 Å². The fourth-order valence-corrected chi connectivity index (χ4v) is 4.16. The molecule has 0 bridgehead atoms. The van der Waals surface area contributed by atoms with E-state index in [-0.39, 0.29) is 24.7 Å². The Labute approximate surface area is 306 Å². The highest BCUT2D eigenvalue weighted by Crippen LogP contribution is 2.32. The smallest absolute Gasteiger partial charge is 0.338 e. The predicted octanol–water partition coefficient (Wildman–Crippen LogP) is 7.04. The highest BCUT2D eigenvalue weighted by Gasteiger charge is 2.11. The lowest BCUT2D eigenvalue weighted by Crippen LogP contribution is -2.12. The van der Waals surface area contributed by atoms with Crippen LogP contribution in [0.5, 0.6) is 34.5 Å². The highest BCUT2D eigenvalue weighted by molar-refractivity contribution is 5.89. The van der Waals surface area contributed by atoms with E-state index < -0.39 is 37.5 Å². The Balaban J connectivity index is 1.23. The van der Waals surface area contributed by atoms with Gasteiger partial charge in [-0.1, -0.05) is 56.1 Å². The van der Waals surface area contributed by atoms with Gasteiger partial charge in [-0.05, 0) is 78.2 Å². The predicted molar refractivity (Wildman–Crippen MR) is 194 cm³/mol. The number of carbonyl (C=O) groups excluding carboxylic acids is 4. The molecule has 0 radical (unpaired) electrons. The van der Waals surface area contributed by atoms with Crippen molar-refractivity contribution in [3.63, 3.8) is 0 Å². The largest absolute Gasteiger partial charge is 0.490 e. The molecule has 0 aromatic heterocycles. The summed E-state index contributed by atoms with van der Waals surface area (Å²) < 4.78 is 42.8. The maximum absolute atomic E-state index is 12.4.